The average Bonchev–Trinajstić information content (AvgIpc) is 2.55. The van der Waals surface area contributed by atoms with E-state index in [1.54, 1.807) is 19.9 Å². The highest BCUT2D eigenvalue weighted by Gasteiger charge is 2.17. The Balaban J connectivity index is 2.10. The molecular weight excluding hydrogens is 322 g/mol. The van der Waals surface area contributed by atoms with Gasteiger partial charge in [-0.25, -0.2) is 13.1 Å². The van der Waals surface area contributed by atoms with Gasteiger partial charge in [-0.2, -0.15) is 0 Å². The summed E-state index contributed by atoms with van der Waals surface area (Å²) < 4.78 is 26.3. The van der Waals surface area contributed by atoms with E-state index in [4.69, 9.17) is 11.5 Å². The lowest BCUT2D eigenvalue weighted by Gasteiger charge is -2.15. The van der Waals surface area contributed by atoms with Crippen LogP contribution in [0.5, 0.6) is 0 Å². The molecular formula is C18H25N3O2S. The summed E-state index contributed by atoms with van der Waals surface area (Å²) in [5.74, 6) is 0.0871. The van der Waals surface area contributed by atoms with Gasteiger partial charge in [0.15, 0.2) is 0 Å². The van der Waals surface area contributed by atoms with Gasteiger partial charge in [0.2, 0.25) is 10.0 Å². The first-order chi connectivity index (χ1) is 11.2. The molecule has 2 rings (SSSR count). The zero-order valence-corrected chi connectivity index (χ0v) is 15.1. The zero-order chi connectivity index (χ0) is 17.9. The molecule has 0 unspecified atom stereocenters. The van der Waals surface area contributed by atoms with Crippen molar-refractivity contribution in [2.75, 3.05) is 18.0 Å². The van der Waals surface area contributed by atoms with Gasteiger partial charge in [0.25, 0.3) is 0 Å². The maximum absolute atomic E-state index is 11.8. The molecule has 2 aromatic carbocycles. The summed E-state index contributed by atoms with van der Waals surface area (Å²) in [4.78, 5) is 0. The summed E-state index contributed by atoms with van der Waals surface area (Å²) >= 11 is 0. The van der Waals surface area contributed by atoms with Crippen LogP contribution in [0.4, 0.5) is 11.4 Å². The van der Waals surface area contributed by atoms with Crippen molar-refractivity contribution < 1.29 is 8.42 Å². The van der Waals surface area contributed by atoms with Crippen molar-refractivity contribution in [2.45, 2.75) is 31.9 Å². The van der Waals surface area contributed by atoms with Crippen LogP contribution in [0.25, 0.3) is 11.1 Å². The van der Waals surface area contributed by atoms with Gasteiger partial charge < -0.3 is 11.5 Å². The van der Waals surface area contributed by atoms with E-state index in [1.807, 2.05) is 43.3 Å². The molecule has 5 N–H and O–H groups in total. The summed E-state index contributed by atoms with van der Waals surface area (Å²) in [6.45, 7) is 5.72. The first-order valence-electron chi connectivity index (χ1n) is 7.94. The van der Waals surface area contributed by atoms with Crippen LogP contribution in [0.3, 0.4) is 0 Å². The SMILES string of the molecule is CC(C)S(=O)(=O)NC[C@H](C)c1ccc(-c2ccc(N)c(N)c2)cc1. The van der Waals surface area contributed by atoms with E-state index in [9.17, 15) is 8.42 Å². The lowest BCUT2D eigenvalue weighted by atomic mass is 9.97. The molecule has 0 aliphatic carbocycles. The van der Waals surface area contributed by atoms with Crippen LogP contribution in [0, 0.1) is 0 Å². The number of benzene rings is 2. The first kappa shape index (κ1) is 18.3. The molecule has 0 aliphatic heterocycles. The third-order valence-electron chi connectivity index (χ3n) is 4.11. The molecule has 6 heteroatoms. The van der Waals surface area contributed by atoms with Crippen LogP contribution in [0.1, 0.15) is 32.3 Å². The van der Waals surface area contributed by atoms with Crippen LogP contribution in [0.15, 0.2) is 42.5 Å². The Hall–Kier alpha value is -2.05. The number of rotatable bonds is 6. The topological polar surface area (TPSA) is 98.2 Å². The van der Waals surface area contributed by atoms with Crippen LogP contribution in [-0.4, -0.2) is 20.2 Å². The van der Waals surface area contributed by atoms with Gasteiger partial charge in [-0.3, -0.25) is 0 Å². The number of nitrogen functional groups attached to an aromatic ring is 2. The molecule has 0 saturated carbocycles. The molecule has 0 saturated heterocycles. The third kappa shape index (κ3) is 4.27. The van der Waals surface area contributed by atoms with Crippen molar-refractivity contribution in [2.24, 2.45) is 0 Å². The monoisotopic (exact) mass is 347 g/mol. The molecule has 1 atom stereocenters. The van der Waals surface area contributed by atoms with E-state index >= 15 is 0 Å². The highest BCUT2D eigenvalue weighted by Crippen LogP contribution is 2.26. The molecule has 5 nitrogen and oxygen atoms in total. The van der Waals surface area contributed by atoms with E-state index in [-0.39, 0.29) is 5.92 Å². The second-order valence-corrected chi connectivity index (χ2v) is 8.63. The summed E-state index contributed by atoms with van der Waals surface area (Å²) in [5, 5.41) is -0.428. The molecule has 0 radical (unpaired) electrons. The first-order valence-corrected chi connectivity index (χ1v) is 9.49. The van der Waals surface area contributed by atoms with Gasteiger partial charge in [0.1, 0.15) is 0 Å². The molecule has 0 aromatic heterocycles. The van der Waals surface area contributed by atoms with E-state index in [2.05, 4.69) is 4.72 Å². The van der Waals surface area contributed by atoms with Crippen molar-refractivity contribution in [1.29, 1.82) is 0 Å². The quantitative estimate of drug-likeness (QED) is 0.700. The minimum atomic E-state index is -3.24. The molecule has 130 valence electrons. The molecule has 0 amide bonds. The Morgan fingerprint density at radius 1 is 0.917 bits per heavy atom. The third-order valence-corrected chi connectivity index (χ3v) is 5.92. The Labute approximate surface area is 144 Å². The van der Waals surface area contributed by atoms with Crippen LogP contribution >= 0.6 is 0 Å². The van der Waals surface area contributed by atoms with Crippen LogP contribution in [0.2, 0.25) is 0 Å². The molecule has 0 aliphatic rings. The molecule has 0 bridgehead atoms. The predicted octanol–water partition coefficient (Wildman–Crippen LogP) is 2.95. The fourth-order valence-electron chi connectivity index (χ4n) is 2.28. The highest BCUT2D eigenvalue weighted by atomic mass is 32.2. The van der Waals surface area contributed by atoms with Crippen LogP contribution < -0.4 is 16.2 Å². The van der Waals surface area contributed by atoms with Gasteiger partial charge >= 0.3 is 0 Å². The summed E-state index contributed by atoms with van der Waals surface area (Å²) in [7, 11) is -3.24. The lowest BCUT2D eigenvalue weighted by Crippen LogP contribution is -2.33. The van der Waals surface area contributed by atoms with Crippen molar-refractivity contribution in [3.05, 3.63) is 48.0 Å². The van der Waals surface area contributed by atoms with Crippen molar-refractivity contribution >= 4 is 21.4 Å². The van der Waals surface area contributed by atoms with Crippen molar-refractivity contribution in [1.82, 2.24) is 4.72 Å². The standard InChI is InChI=1S/C18H25N3O2S/c1-12(2)24(22,23)21-11-13(3)14-4-6-15(7-5-14)16-8-9-17(19)18(20)10-16/h4-10,12-13,21H,11,19-20H2,1-3H3/t13-/m0/s1. The number of nitrogens with two attached hydrogens (primary N) is 2. The molecule has 2 aromatic rings. The highest BCUT2D eigenvalue weighted by molar-refractivity contribution is 7.90. The maximum atomic E-state index is 11.8. The molecule has 0 fully saturated rings. The number of hydrogen-bond acceptors (Lipinski definition) is 4. The number of hydrogen-bond donors (Lipinski definition) is 3. The lowest BCUT2D eigenvalue weighted by molar-refractivity contribution is 0.566. The Kier molecular flexibility index (Phi) is 5.51. The van der Waals surface area contributed by atoms with E-state index in [0.29, 0.717) is 17.9 Å². The smallest absolute Gasteiger partial charge is 0.213 e. The minimum Gasteiger partial charge on any atom is -0.397 e. The zero-order valence-electron chi connectivity index (χ0n) is 14.3. The predicted molar refractivity (Wildman–Crippen MR) is 101 cm³/mol. The van der Waals surface area contributed by atoms with Crippen molar-refractivity contribution in [3.8, 4) is 11.1 Å². The second-order valence-electron chi connectivity index (χ2n) is 6.31. The van der Waals surface area contributed by atoms with Gasteiger partial charge in [-0.05, 0) is 48.6 Å². The largest absolute Gasteiger partial charge is 0.397 e. The molecule has 0 spiro atoms. The van der Waals surface area contributed by atoms with E-state index < -0.39 is 15.3 Å². The summed E-state index contributed by atoms with van der Waals surface area (Å²) in [5.41, 5.74) is 15.8. The molecule has 0 heterocycles. The van der Waals surface area contributed by atoms with Crippen LogP contribution in [-0.2, 0) is 10.0 Å². The van der Waals surface area contributed by atoms with Gasteiger partial charge in [0.05, 0.1) is 16.6 Å². The summed E-state index contributed by atoms with van der Waals surface area (Å²) in [6, 6.07) is 13.6. The Morgan fingerprint density at radius 3 is 2.04 bits per heavy atom. The maximum Gasteiger partial charge on any atom is 0.213 e. The minimum absolute atomic E-state index is 0.0871. The Bertz CT molecular complexity index is 800. The van der Waals surface area contributed by atoms with Crippen molar-refractivity contribution in [3.63, 3.8) is 0 Å². The fourth-order valence-corrected chi connectivity index (χ4v) is 3.10. The van der Waals surface area contributed by atoms with Gasteiger partial charge in [0, 0.05) is 6.54 Å². The summed E-state index contributed by atoms with van der Waals surface area (Å²) in [6.07, 6.45) is 0. The number of nitrogens with one attached hydrogen (secondary N) is 1. The Morgan fingerprint density at radius 2 is 1.50 bits per heavy atom. The number of sulfonamides is 1. The number of anilines is 2. The normalized spacial score (nSPS) is 13.2. The van der Waals surface area contributed by atoms with Gasteiger partial charge in [-0.15, -0.1) is 0 Å². The van der Waals surface area contributed by atoms with Gasteiger partial charge in [-0.1, -0.05) is 37.3 Å². The van der Waals surface area contributed by atoms with E-state index in [0.717, 1.165) is 16.7 Å². The van der Waals surface area contributed by atoms with E-state index in [1.165, 1.54) is 0 Å². The fraction of sp³-hybridized carbons (Fsp3) is 0.333. The molecule has 24 heavy (non-hydrogen) atoms. The average molecular weight is 347 g/mol. The second kappa shape index (κ2) is 7.23.